The molecule has 0 fully saturated rings. The molecule has 13 nitrogen and oxygen atoms in total. The van der Waals surface area contributed by atoms with Crippen molar-refractivity contribution in [3.05, 3.63) is 112 Å². The fraction of sp³-hybridized carbons (Fsp3) is 0.375. The van der Waals surface area contributed by atoms with E-state index >= 15 is 0 Å². The maximum atomic E-state index is 14.9. The van der Waals surface area contributed by atoms with Crippen molar-refractivity contribution in [3.63, 3.8) is 0 Å². The fourth-order valence-electron chi connectivity index (χ4n) is 5.51. The van der Waals surface area contributed by atoms with Crippen LogP contribution in [-0.4, -0.2) is 84.0 Å². The summed E-state index contributed by atoms with van der Waals surface area (Å²) in [4.78, 5) is 67.0. The summed E-state index contributed by atoms with van der Waals surface area (Å²) in [5, 5.41) is 2.73. The number of fused-ring (bicyclic) bond motifs is 1. The number of hydrogen-bond donors (Lipinski definition) is 1. The molecule has 2 aromatic carbocycles. The van der Waals surface area contributed by atoms with Gasteiger partial charge < -0.3 is 33.7 Å². The van der Waals surface area contributed by atoms with E-state index in [2.05, 4.69) is 5.32 Å². The van der Waals surface area contributed by atoms with E-state index in [4.69, 9.17) is 18.9 Å². The number of nitrogens with zero attached hydrogens (tertiary/aromatic N) is 3. The van der Waals surface area contributed by atoms with Crippen molar-refractivity contribution in [3.8, 4) is 5.75 Å². The lowest BCUT2D eigenvalue weighted by atomic mass is 10.0. The zero-order valence-electron chi connectivity index (χ0n) is 32.0. The zero-order valence-corrected chi connectivity index (χ0v) is 32.0. The molecule has 4 aromatic rings. The number of hydrogen-bond acceptors (Lipinski definition) is 9. The third-order valence-electron chi connectivity index (χ3n) is 8.20. The molecule has 4 rings (SSSR count). The Morgan fingerprint density at radius 2 is 1.71 bits per heavy atom. The summed E-state index contributed by atoms with van der Waals surface area (Å²) in [6, 6.07) is 8.47. The van der Waals surface area contributed by atoms with Gasteiger partial charge in [0.05, 0.1) is 24.9 Å². The Balaban J connectivity index is 1.67. The summed E-state index contributed by atoms with van der Waals surface area (Å²) in [6.45, 7) is 4.35. The Labute approximate surface area is 321 Å². The number of halogens is 3. The van der Waals surface area contributed by atoms with Crippen LogP contribution in [0.15, 0.2) is 71.7 Å². The van der Waals surface area contributed by atoms with Gasteiger partial charge in [0, 0.05) is 62.5 Å². The second-order valence-corrected chi connectivity index (χ2v) is 14.0. The van der Waals surface area contributed by atoms with Crippen LogP contribution < -0.4 is 15.6 Å². The molecule has 56 heavy (non-hydrogen) atoms. The Bertz CT molecular complexity index is 2150. The number of allylic oxidation sites excluding steroid dienone is 1. The molecule has 2 amide bonds. The number of alkyl carbamates (subject to hydrolysis) is 1. The van der Waals surface area contributed by atoms with Crippen LogP contribution in [0.5, 0.6) is 5.75 Å². The number of ketones is 1. The van der Waals surface area contributed by atoms with E-state index in [0.717, 1.165) is 22.8 Å². The first kappa shape index (κ1) is 42.8. The van der Waals surface area contributed by atoms with Crippen LogP contribution in [-0.2, 0) is 43.4 Å². The van der Waals surface area contributed by atoms with E-state index in [0.29, 0.717) is 6.07 Å². The first-order valence-electron chi connectivity index (χ1n) is 17.6. The predicted molar refractivity (Wildman–Crippen MR) is 200 cm³/mol. The molecule has 0 saturated carbocycles. The molecule has 0 aliphatic carbocycles. The van der Waals surface area contributed by atoms with Gasteiger partial charge in [0.1, 0.15) is 47.5 Å². The lowest BCUT2D eigenvalue weighted by Gasteiger charge is -2.22. The predicted octanol–water partition coefficient (Wildman–Crippen LogP) is 5.91. The summed E-state index contributed by atoms with van der Waals surface area (Å²) >= 11 is 0. The summed E-state index contributed by atoms with van der Waals surface area (Å²) in [5.74, 6) is -3.31. The number of nitrogens with one attached hydrogen (secondary N) is 1. The molecule has 0 spiro atoms. The fourth-order valence-corrected chi connectivity index (χ4v) is 5.51. The lowest BCUT2D eigenvalue weighted by Crippen LogP contribution is -2.42. The first-order chi connectivity index (χ1) is 26.5. The number of amides is 2. The van der Waals surface area contributed by atoms with Crippen molar-refractivity contribution in [2.24, 2.45) is 0 Å². The standard InChI is InChI=1S/C40H45F3N4O9/c1-40(2,3)56-39(52)47-30(19-27-18-29(42)22-34(36(27)47)55-24-26-13-14-28(41)21-31(26)43)23-46-15-9-10-25(37(46)50)20-33(48)32(44-38(51)54-17-16-53-6)11-7-8-12-35(49)45(4)5/h8-10,12-15,18-19,21-22,32H,7,11,16-17,20,23-24H2,1-6H3,(H,44,51)/b12-8+/t32-/m0/s1. The Kier molecular flexibility index (Phi) is 14.6. The van der Waals surface area contributed by atoms with Gasteiger partial charge in [-0.25, -0.2) is 27.3 Å². The maximum Gasteiger partial charge on any atom is 0.419 e. The quantitative estimate of drug-likeness (QED) is 0.108. The van der Waals surface area contributed by atoms with Gasteiger partial charge in [-0.15, -0.1) is 0 Å². The highest BCUT2D eigenvalue weighted by Crippen LogP contribution is 2.33. The van der Waals surface area contributed by atoms with Crippen molar-refractivity contribution in [1.82, 2.24) is 19.4 Å². The van der Waals surface area contributed by atoms with Crippen molar-refractivity contribution >= 4 is 34.8 Å². The normalized spacial score (nSPS) is 12.1. The van der Waals surface area contributed by atoms with Gasteiger partial charge in [-0.1, -0.05) is 12.1 Å². The summed E-state index contributed by atoms with van der Waals surface area (Å²) in [7, 11) is 4.62. The largest absolute Gasteiger partial charge is 0.486 e. The number of Topliss-reactive ketones (excluding diaryl/α,β-unsaturated/α-hetero) is 1. The number of carbonyl (C=O) groups is 4. The smallest absolute Gasteiger partial charge is 0.419 e. The molecule has 2 heterocycles. The number of carbonyl (C=O) groups excluding carboxylic acids is 4. The molecule has 1 N–H and O–H groups in total. The molecule has 0 aliphatic rings. The summed E-state index contributed by atoms with van der Waals surface area (Å²) in [5.41, 5.74) is -1.25. The van der Waals surface area contributed by atoms with E-state index in [9.17, 15) is 37.1 Å². The van der Waals surface area contributed by atoms with Crippen molar-refractivity contribution < 1.29 is 51.3 Å². The van der Waals surface area contributed by atoms with Crippen molar-refractivity contribution in [2.45, 2.75) is 64.8 Å². The number of methoxy groups -OCH3 is 1. The Morgan fingerprint density at radius 3 is 2.39 bits per heavy atom. The van der Waals surface area contributed by atoms with E-state index in [1.165, 1.54) is 53.1 Å². The Morgan fingerprint density at radius 1 is 0.964 bits per heavy atom. The molecule has 2 aromatic heterocycles. The average Bonchev–Trinajstić information content (AvgIpc) is 3.47. The van der Waals surface area contributed by atoms with Gasteiger partial charge in [-0.2, -0.15) is 0 Å². The van der Waals surface area contributed by atoms with Gasteiger partial charge in [0.15, 0.2) is 5.78 Å². The molecule has 0 aliphatic heterocycles. The van der Waals surface area contributed by atoms with Crippen molar-refractivity contribution in [2.75, 3.05) is 34.4 Å². The molecular weight excluding hydrogens is 737 g/mol. The summed E-state index contributed by atoms with van der Waals surface area (Å²) < 4.78 is 66.7. The van der Waals surface area contributed by atoms with Gasteiger partial charge in [0.25, 0.3) is 5.56 Å². The number of aromatic nitrogens is 2. The van der Waals surface area contributed by atoms with Crippen LogP contribution in [0.1, 0.15) is 50.4 Å². The van der Waals surface area contributed by atoms with Gasteiger partial charge in [-0.3, -0.25) is 14.4 Å². The zero-order chi connectivity index (χ0) is 41.2. The van der Waals surface area contributed by atoms with Crippen LogP contribution in [0.4, 0.5) is 22.8 Å². The van der Waals surface area contributed by atoms with Crippen LogP contribution in [0, 0.1) is 17.5 Å². The molecule has 0 saturated heterocycles. The minimum atomic E-state index is -1.08. The summed E-state index contributed by atoms with van der Waals surface area (Å²) in [6.07, 6.45) is 2.58. The van der Waals surface area contributed by atoms with Gasteiger partial charge in [-0.05, 0) is 70.0 Å². The molecule has 0 bridgehead atoms. The number of likely N-dealkylation sites (N-methyl/N-ethyl adjacent to an activating group) is 1. The monoisotopic (exact) mass is 782 g/mol. The molecule has 0 radical (unpaired) electrons. The number of benzene rings is 2. The number of pyridine rings is 1. The van der Waals surface area contributed by atoms with Crippen LogP contribution >= 0.6 is 0 Å². The molecule has 0 unspecified atom stereocenters. The van der Waals surface area contributed by atoms with E-state index in [-0.39, 0.29) is 78.4 Å². The topological polar surface area (TPSA) is 147 Å². The SMILES string of the molecule is COCCOC(=O)N[C@@H](CC/C=C/C(=O)N(C)C)C(=O)Cc1cccn(Cc2cc3cc(F)cc(OCc4ccc(F)cc4F)c3n2C(=O)OC(C)(C)C)c1=O. The van der Waals surface area contributed by atoms with Gasteiger partial charge in [0.2, 0.25) is 5.91 Å². The maximum absolute atomic E-state index is 14.9. The second-order valence-electron chi connectivity index (χ2n) is 14.0. The van der Waals surface area contributed by atoms with Gasteiger partial charge >= 0.3 is 12.2 Å². The average molecular weight is 783 g/mol. The lowest BCUT2D eigenvalue weighted by molar-refractivity contribution is -0.123. The second kappa shape index (κ2) is 19.1. The highest BCUT2D eigenvalue weighted by atomic mass is 19.1. The number of rotatable bonds is 16. The van der Waals surface area contributed by atoms with E-state index in [1.807, 2.05) is 0 Å². The van der Waals surface area contributed by atoms with Crippen LogP contribution in [0.2, 0.25) is 0 Å². The third kappa shape index (κ3) is 11.8. The van der Waals surface area contributed by atoms with E-state index < -0.39 is 59.2 Å². The van der Waals surface area contributed by atoms with Crippen molar-refractivity contribution in [1.29, 1.82) is 0 Å². The first-order valence-corrected chi connectivity index (χ1v) is 17.6. The molecule has 300 valence electrons. The third-order valence-corrected chi connectivity index (χ3v) is 8.20. The minimum absolute atomic E-state index is 0.0198. The highest BCUT2D eigenvalue weighted by molar-refractivity contribution is 5.95. The van der Waals surface area contributed by atoms with Crippen LogP contribution in [0.25, 0.3) is 10.9 Å². The minimum Gasteiger partial charge on any atom is -0.486 e. The van der Waals surface area contributed by atoms with E-state index in [1.54, 1.807) is 40.9 Å². The molecule has 16 heteroatoms. The molecule has 1 atom stereocenters. The Hall–Kier alpha value is -5.90. The van der Waals surface area contributed by atoms with Crippen LogP contribution in [0.3, 0.4) is 0 Å². The highest BCUT2D eigenvalue weighted by Gasteiger charge is 2.27. The number of ether oxygens (including phenoxy) is 4. The molecular formula is C40H45F3N4O9.